The van der Waals surface area contributed by atoms with E-state index >= 15 is 0 Å². The van der Waals surface area contributed by atoms with Gasteiger partial charge in [-0.1, -0.05) is 24.1 Å². The van der Waals surface area contributed by atoms with Crippen molar-refractivity contribution in [1.29, 1.82) is 0 Å². The summed E-state index contributed by atoms with van der Waals surface area (Å²) in [5, 5.41) is 0. The molecule has 128 valence electrons. The number of unbranched alkanes of at least 4 members (excludes halogenated alkanes) is 1. The molecule has 0 saturated heterocycles. The van der Waals surface area contributed by atoms with E-state index in [9.17, 15) is 18.0 Å². The first-order valence-electron chi connectivity index (χ1n) is 7.24. The van der Waals surface area contributed by atoms with Gasteiger partial charge in [0.2, 0.25) is 21.6 Å². The first-order valence-corrected chi connectivity index (χ1v) is 9.25. The van der Waals surface area contributed by atoms with Gasteiger partial charge in [0.15, 0.2) is 0 Å². The summed E-state index contributed by atoms with van der Waals surface area (Å²) >= 11 is 5.39. The molecule has 0 saturated carbocycles. The second kappa shape index (κ2) is 9.12. The summed E-state index contributed by atoms with van der Waals surface area (Å²) in [4.78, 5) is 23.6. The third kappa shape index (κ3) is 6.02. The lowest BCUT2D eigenvalue weighted by atomic mass is 10.0. The van der Waals surface area contributed by atoms with Crippen LogP contribution in [0.3, 0.4) is 0 Å². The van der Waals surface area contributed by atoms with Crippen molar-refractivity contribution in [2.45, 2.75) is 37.1 Å². The molecule has 0 radical (unpaired) electrons. The predicted molar refractivity (Wildman–Crippen MR) is 88.9 cm³/mol. The number of halogens is 1. The van der Waals surface area contributed by atoms with Crippen LogP contribution in [0.2, 0.25) is 0 Å². The number of nitrogens with two attached hydrogens (primary N) is 1. The van der Waals surface area contributed by atoms with Crippen LogP contribution in [0, 0.1) is 6.92 Å². The second-order valence-corrected chi connectivity index (χ2v) is 7.17. The van der Waals surface area contributed by atoms with Crippen LogP contribution in [0.25, 0.3) is 0 Å². The minimum absolute atomic E-state index is 0.0399. The highest BCUT2D eigenvalue weighted by atomic mass is 35.5. The van der Waals surface area contributed by atoms with Gasteiger partial charge in [0.25, 0.3) is 0 Å². The number of carbonyl (C=O) groups excluding carboxylic acids is 2. The van der Waals surface area contributed by atoms with Gasteiger partial charge < -0.3 is 5.73 Å². The minimum Gasteiger partial charge on any atom is -0.330 e. The first-order chi connectivity index (χ1) is 10.8. The summed E-state index contributed by atoms with van der Waals surface area (Å²) in [6.07, 6.45) is 1.35. The number of carbonyl (C=O) groups is 2. The van der Waals surface area contributed by atoms with Gasteiger partial charge >= 0.3 is 0 Å². The summed E-state index contributed by atoms with van der Waals surface area (Å²) in [5.74, 6) is -2.11. The number of sulfonamides is 1. The van der Waals surface area contributed by atoms with Gasteiger partial charge in [-0.05, 0) is 38.4 Å². The molecule has 0 aliphatic heterocycles. The summed E-state index contributed by atoms with van der Waals surface area (Å²) in [6, 6.07) is 5.08. The van der Waals surface area contributed by atoms with E-state index in [0.717, 1.165) is 5.56 Å². The Morgan fingerprint density at radius 2 is 1.83 bits per heavy atom. The van der Waals surface area contributed by atoms with Gasteiger partial charge in [0, 0.05) is 0 Å². The highest BCUT2D eigenvalue weighted by molar-refractivity contribution is 7.89. The Morgan fingerprint density at radius 1 is 1.22 bits per heavy atom. The summed E-state index contributed by atoms with van der Waals surface area (Å²) < 4.78 is 27.0. The van der Waals surface area contributed by atoms with Crippen LogP contribution in [0.4, 0.5) is 0 Å². The number of Topliss-reactive ketones (excluding diaryl/α,β-unsaturated/α-hetero) is 2. The van der Waals surface area contributed by atoms with E-state index in [1.807, 2.05) is 6.92 Å². The third-order valence-electron chi connectivity index (χ3n) is 3.29. The zero-order valence-corrected chi connectivity index (χ0v) is 14.5. The average Bonchev–Trinajstić information content (AvgIpc) is 2.53. The van der Waals surface area contributed by atoms with Gasteiger partial charge in [-0.3, -0.25) is 9.59 Å². The van der Waals surface area contributed by atoms with Crippen molar-refractivity contribution < 1.29 is 18.0 Å². The zero-order chi connectivity index (χ0) is 17.5. The van der Waals surface area contributed by atoms with Gasteiger partial charge in [-0.2, -0.15) is 0 Å². The number of alkyl halides is 1. The number of hydrogen-bond donors (Lipinski definition) is 2. The Kier molecular flexibility index (Phi) is 7.84. The molecular weight excluding hydrogens is 340 g/mol. The van der Waals surface area contributed by atoms with Crippen molar-refractivity contribution in [1.82, 2.24) is 4.72 Å². The van der Waals surface area contributed by atoms with Crippen molar-refractivity contribution in [2.24, 2.45) is 5.73 Å². The molecule has 23 heavy (non-hydrogen) atoms. The maximum absolute atomic E-state index is 12.4. The molecule has 1 rings (SSSR count). The van der Waals surface area contributed by atoms with Crippen molar-refractivity contribution in [3.05, 3.63) is 29.8 Å². The van der Waals surface area contributed by atoms with Gasteiger partial charge in [0.05, 0.1) is 16.8 Å². The van der Waals surface area contributed by atoms with Crippen LogP contribution in [0.5, 0.6) is 0 Å². The molecule has 6 nitrogen and oxygen atoms in total. The first kappa shape index (κ1) is 19.8. The van der Waals surface area contributed by atoms with Crippen LogP contribution in [0.1, 0.15) is 24.8 Å². The van der Waals surface area contributed by atoms with Crippen molar-refractivity contribution in [3.8, 4) is 0 Å². The Hall–Kier alpha value is -1.28. The Labute approximate surface area is 141 Å². The topological polar surface area (TPSA) is 106 Å². The van der Waals surface area contributed by atoms with E-state index in [1.54, 1.807) is 12.1 Å². The van der Waals surface area contributed by atoms with Crippen molar-refractivity contribution >= 4 is 33.2 Å². The molecule has 0 aromatic heterocycles. The lowest BCUT2D eigenvalue weighted by Gasteiger charge is -2.17. The molecule has 3 N–H and O–H groups in total. The molecule has 0 aliphatic carbocycles. The third-order valence-corrected chi connectivity index (χ3v) is 5.02. The highest BCUT2D eigenvalue weighted by Gasteiger charge is 2.29. The van der Waals surface area contributed by atoms with E-state index in [0.29, 0.717) is 19.4 Å². The van der Waals surface area contributed by atoms with Gasteiger partial charge in [0.1, 0.15) is 0 Å². The number of aryl methyl sites for hydroxylation is 1. The van der Waals surface area contributed by atoms with Crippen LogP contribution in [-0.4, -0.2) is 38.5 Å². The average molecular weight is 361 g/mol. The predicted octanol–water partition coefficient (Wildman–Crippen LogP) is 1.15. The van der Waals surface area contributed by atoms with Crippen molar-refractivity contribution in [2.75, 3.05) is 12.4 Å². The molecule has 0 bridgehead atoms. The Balaban J connectivity index is 2.95. The van der Waals surface area contributed by atoms with Crippen LogP contribution >= 0.6 is 11.6 Å². The minimum atomic E-state index is -3.90. The molecule has 1 atom stereocenters. The monoisotopic (exact) mass is 360 g/mol. The Morgan fingerprint density at radius 3 is 2.35 bits per heavy atom. The lowest BCUT2D eigenvalue weighted by molar-refractivity contribution is -0.136. The quantitative estimate of drug-likeness (QED) is 0.370. The molecule has 1 unspecified atom stereocenters. The maximum Gasteiger partial charge on any atom is 0.241 e. The molecule has 1 aromatic carbocycles. The largest absolute Gasteiger partial charge is 0.330 e. The summed E-state index contributed by atoms with van der Waals surface area (Å²) in [5.41, 5.74) is 6.31. The number of rotatable bonds is 10. The van der Waals surface area contributed by atoms with E-state index in [-0.39, 0.29) is 11.3 Å². The molecule has 0 spiro atoms. The Bertz CT molecular complexity index is 644. The van der Waals surface area contributed by atoms with Crippen LogP contribution < -0.4 is 10.5 Å². The normalized spacial score (nSPS) is 12.8. The molecule has 0 amide bonds. The fourth-order valence-corrected chi connectivity index (χ4v) is 3.33. The molecule has 0 fully saturated rings. The maximum atomic E-state index is 12.4. The SMILES string of the molecule is Cc1ccc(S(=O)(=O)NC(CCCCN)C(=O)C(=O)CCl)cc1. The molecule has 1 aromatic rings. The standard InChI is InChI=1S/C15H21ClN2O4S/c1-11-5-7-12(8-6-11)23(21,22)18-13(4-2-3-9-17)15(20)14(19)10-16/h5-8,13,18H,2-4,9-10,17H2,1H3. The van der Waals surface area contributed by atoms with E-state index in [4.69, 9.17) is 17.3 Å². The molecular formula is C15H21ClN2O4S. The molecule has 0 heterocycles. The fourth-order valence-electron chi connectivity index (χ4n) is 1.97. The van der Waals surface area contributed by atoms with Crippen molar-refractivity contribution in [3.63, 3.8) is 0 Å². The number of nitrogens with one attached hydrogen (secondary N) is 1. The van der Waals surface area contributed by atoms with E-state index < -0.39 is 33.5 Å². The van der Waals surface area contributed by atoms with Crippen LogP contribution in [0.15, 0.2) is 29.2 Å². The lowest BCUT2D eigenvalue weighted by Crippen LogP contribution is -2.44. The van der Waals surface area contributed by atoms with Gasteiger partial charge in [-0.15, -0.1) is 11.6 Å². The van der Waals surface area contributed by atoms with E-state index in [1.165, 1.54) is 12.1 Å². The smallest absolute Gasteiger partial charge is 0.241 e. The van der Waals surface area contributed by atoms with Crippen LogP contribution in [-0.2, 0) is 19.6 Å². The zero-order valence-electron chi connectivity index (χ0n) is 12.9. The van der Waals surface area contributed by atoms with E-state index in [2.05, 4.69) is 4.72 Å². The fraction of sp³-hybridized carbons (Fsp3) is 0.467. The number of hydrogen-bond acceptors (Lipinski definition) is 5. The summed E-state index contributed by atoms with van der Waals surface area (Å²) in [6.45, 7) is 2.26. The second-order valence-electron chi connectivity index (χ2n) is 5.19. The molecule has 8 heteroatoms. The number of ketones is 2. The summed E-state index contributed by atoms with van der Waals surface area (Å²) in [7, 11) is -3.90. The molecule has 0 aliphatic rings. The number of benzene rings is 1. The highest BCUT2D eigenvalue weighted by Crippen LogP contribution is 2.13. The van der Waals surface area contributed by atoms with Gasteiger partial charge in [-0.25, -0.2) is 13.1 Å².